The minimum Gasteiger partial charge on any atom is -0.493 e. The molecule has 8 nitrogen and oxygen atoms in total. The molecule has 1 aromatic carbocycles. The van der Waals surface area contributed by atoms with E-state index in [-0.39, 0.29) is 12.2 Å². The Morgan fingerprint density at radius 2 is 2.10 bits per heavy atom. The Bertz CT molecular complexity index is 1040. The first kappa shape index (κ1) is 18.9. The van der Waals surface area contributed by atoms with Gasteiger partial charge in [0.1, 0.15) is 23.1 Å². The molecule has 150 valence electrons. The van der Waals surface area contributed by atoms with E-state index in [4.69, 9.17) is 19.6 Å². The number of carbonyl (C=O) groups is 2. The third-order valence-corrected chi connectivity index (χ3v) is 4.64. The maximum Gasteiger partial charge on any atom is 0.404 e. The Kier molecular flexibility index (Phi) is 5.16. The smallest absolute Gasteiger partial charge is 0.404 e. The van der Waals surface area contributed by atoms with Gasteiger partial charge in [-0.1, -0.05) is 0 Å². The topological polar surface area (TPSA) is 118 Å². The van der Waals surface area contributed by atoms with Crippen molar-refractivity contribution in [3.05, 3.63) is 42.1 Å². The van der Waals surface area contributed by atoms with Crippen LogP contribution in [-0.2, 0) is 4.74 Å². The van der Waals surface area contributed by atoms with E-state index in [1.54, 1.807) is 19.1 Å². The molecule has 2 aromatic heterocycles. The van der Waals surface area contributed by atoms with Gasteiger partial charge in [-0.15, -0.1) is 0 Å². The van der Waals surface area contributed by atoms with Gasteiger partial charge in [-0.25, -0.2) is 9.78 Å². The predicted octanol–water partition coefficient (Wildman–Crippen LogP) is 3.74. The highest BCUT2D eigenvalue weighted by molar-refractivity contribution is 5.96. The normalized spacial score (nSPS) is 14.5. The second-order valence-electron chi connectivity index (χ2n) is 7.21. The molecule has 0 bridgehead atoms. The minimum atomic E-state index is -0.907. The van der Waals surface area contributed by atoms with E-state index in [0.717, 1.165) is 12.4 Å². The van der Waals surface area contributed by atoms with E-state index in [0.29, 0.717) is 34.2 Å². The zero-order valence-electron chi connectivity index (χ0n) is 16.0. The second-order valence-corrected chi connectivity index (χ2v) is 7.21. The first-order chi connectivity index (χ1) is 14.0. The number of nitrogens with zero attached hydrogens (tertiary/aromatic N) is 2. The fourth-order valence-electron chi connectivity index (χ4n) is 2.91. The summed E-state index contributed by atoms with van der Waals surface area (Å²) in [5.41, 5.74) is 7.20. The lowest BCUT2D eigenvalue weighted by atomic mass is 10.1. The highest BCUT2D eigenvalue weighted by Gasteiger charge is 2.22. The maximum atomic E-state index is 12.3. The average Bonchev–Trinajstić information content (AvgIpc) is 3.42. The van der Waals surface area contributed by atoms with Crippen LogP contribution in [0.1, 0.15) is 36.5 Å². The number of Topliss-reactive ketones (excluding diaryl/α,β-unsaturated/α-hetero) is 1. The second kappa shape index (κ2) is 7.90. The molecule has 3 aromatic rings. The van der Waals surface area contributed by atoms with Crippen molar-refractivity contribution in [2.24, 2.45) is 11.7 Å². The van der Waals surface area contributed by atoms with E-state index in [1.165, 1.54) is 19.0 Å². The van der Waals surface area contributed by atoms with Crippen LogP contribution in [0.5, 0.6) is 5.75 Å². The number of aromatic nitrogens is 2. The standard InChI is InChI=1S/C21H21N3O5/c1-12(28-21(22)26)8-18(25)14-4-6-17(23-10-14)20-24-16-7-5-15(9-19(16)29-20)27-11-13-2-3-13/h4-7,9-10,12-13H,2-3,8,11H2,1H3,(H2,22,26). The molecule has 1 amide bonds. The van der Waals surface area contributed by atoms with E-state index in [9.17, 15) is 9.59 Å². The molecule has 1 aliphatic rings. The Morgan fingerprint density at radius 3 is 2.79 bits per heavy atom. The van der Waals surface area contributed by atoms with Gasteiger partial charge in [0.2, 0.25) is 5.89 Å². The van der Waals surface area contributed by atoms with Crippen molar-refractivity contribution in [1.82, 2.24) is 9.97 Å². The minimum absolute atomic E-state index is 0.0243. The number of fused-ring (bicyclic) bond motifs is 1. The molecular formula is C21H21N3O5. The summed E-state index contributed by atoms with van der Waals surface area (Å²) in [5.74, 6) is 1.59. The Labute approximate surface area is 167 Å². The van der Waals surface area contributed by atoms with Gasteiger partial charge in [0, 0.05) is 24.2 Å². The summed E-state index contributed by atoms with van der Waals surface area (Å²) in [7, 11) is 0. The van der Waals surface area contributed by atoms with Gasteiger partial charge in [-0.05, 0) is 49.9 Å². The zero-order valence-corrected chi connectivity index (χ0v) is 16.0. The molecule has 0 spiro atoms. The first-order valence-corrected chi connectivity index (χ1v) is 9.47. The summed E-state index contributed by atoms with van der Waals surface area (Å²) in [5, 5.41) is 0. The van der Waals surface area contributed by atoms with Crippen LogP contribution in [0.25, 0.3) is 22.7 Å². The van der Waals surface area contributed by atoms with Crippen LogP contribution in [0.4, 0.5) is 4.79 Å². The number of rotatable bonds is 8. The fraction of sp³-hybridized carbons (Fsp3) is 0.333. The largest absolute Gasteiger partial charge is 0.493 e. The number of benzene rings is 1. The number of hydrogen-bond acceptors (Lipinski definition) is 7. The fourth-order valence-corrected chi connectivity index (χ4v) is 2.91. The molecule has 0 saturated heterocycles. The molecule has 29 heavy (non-hydrogen) atoms. The van der Waals surface area contributed by atoms with Crippen molar-refractivity contribution >= 4 is 23.0 Å². The van der Waals surface area contributed by atoms with Crippen molar-refractivity contribution in [3.63, 3.8) is 0 Å². The zero-order chi connectivity index (χ0) is 20.4. The van der Waals surface area contributed by atoms with Crippen molar-refractivity contribution < 1.29 is 23.5 Å². The molecule has 1 aliphatic carbocycles. The number of primary amides is 1. The Morgan fingerprint density at radius 1 is 1.28 bits per heavy atom. The predicted molar refractivity (Wildman–Crippen MR) is 105 cm³/mol. The lowest BCUT2D eigenvalue weighted by Gasteiger charge is -2.10. The van der Waals surface area contributed by atoms with Gasteiger partial charge in [0.15, 0.2) is 11.4 Å². The number of hydrogen-bond donors (Lipinski definition) is 1. The van der Waals surface area contributed by atoms with Crippen molar-refractivity contribution in [2.75, 3.05) is 6.61 Å². The van der Waals surface area contributed by atoms with Crippen LogP contribution in [-0.4, -0.2) is 34.6 Å². The summed E-state index contributed by atoms with van der Waals surface area (Å²) >= 11 is 0. The molecule has 1 fully saturated rings. The van der Waals surface area contributed by atoms with Gasteiger partial charge in [-0.2, -0.15) is 0 Å². The van der Waals surface area contributed by atoms with Gasteiger partial charge in [0.05, 0.1) is 6.61 Å². The monoisotopic (exact) mass is 395 g/mol. The van der Waals surface area contributed by atoms with Crippen LogP contribution in [0.15, 0.2) is 40.9 Å². The summed E-state index contributed by atoms with van der Waals surface area (Å²) in [6, 6.07) is 8.86. The van der Waals surface area contributed by atoms with Crippen LogP contribution >= 0.6 is 0 Å². The molecule has 0 aliphatic heterocycles. The number of amides is 1. The SMILES string of the molecule is CC(CC(=O)c1ccc(-c2nc3ccc(OCC4CC4)cc3o2)nc1)OC(N)=O. The molecule has 1 saturated carbocycles. The third kappa shape index (κ3) is 4.71. The van der Waals surface area contributed by atoms with Gasteiger partial charge in [0.25, 0.3) is 0 Å². The van der Waals surface area contributed by atoms with Crippen molar-refractivity contribution in [3.8, 4) is 17.3 Å². The van der Waals surface area contributed by atoms with E-state index < -0.39 is 12.2 Å². The summed E-state index contributed by atoms with van der Waals surface area (Å²) < 4.78 is 16.4. The van der Waals surface area contributed by atoms with E-state index in [2.05, 4.69) is 9.97 Å². The molecule has 2 heterocycles. The van der Waals surface area contributed by atoms with E-state index in [1.807, 2.05) is 18.2 Å². The number of oxazole rings is 1. The van der Waals surface area contributed by atoms with Gasteiger partial charge < -0.3 is 19.6 Å². The number of ether oxygens (including phenoxy) is 2. The quantitative estimate of drug-likeness (QED) is 0.577. The van der Waals surface area contributed by atoms with Gasteiger partial charge >= 0.3 is 6.09 Å². The Hall–Kier alpha value is -3.42. The summed E-state index contributed by atoms with van der Waals surface area (Å²) in [6.45, 7) is 2.33. The lowest BCUT2D eigenvalue weighted by Crippen LogP contribution is -2.22. The maximum absolute atomic E-state index is 12.3. The van der Waals surface area contributed by atoms with Crippen LogP contribution < -0.4 is 10.5 Å². The molecule has 8 heteroatoms. The van der Waals surface area contributed by atoms with Crippen LogP contribution in [0, 0.1) is 5.92 Å². The molecule has 1 atom stereocenters. The molecule has 4 rings (SSSR count). The molecule has 0 radical (unpaired) electrons. The first-order valence-electron chi connectivity index (χ1n) is 9.47. The molecule has 1 unspecified atom stereocenters. The van der Waals surface area contributed by atoms with Crippen LogP contribution in [0.2, 0.25) is 0 Å². The van der Waals surface area contributed by atoms with Crippen molar-refractivity contribution in [2.45, 2.75) is 32.3 Å². The average molecular weight is 395 g/mol. The third-order valence-electron chi connectivity index (χ3n) is 4.64. The highest BCUT2D eigenvalue weighted by atomic mass is 16.6. The molecular weight excluding hydrogens is 374 g/mol. The number of ketones is 1. The summed E-state index contributed by atoms with van der Waals surface area (Å²) in [4.78, 5) is 31.7. The number of pyridine rings is 1. The molecule has 2 N–H and O–H groups in total. The van der Waals surface area contributed by atoms with E-state index >= 15 is 0 Å². The highest BCUT2D eigenvalue weighted by Crippen LogP contribution is 2.31. The van der Waals surface area contributed by atoms with Crippen LogP contribution in [0.3, 0.4) is 0 Å². The lowest BCUT2D eigenvalue weighted by molar-refractivity contribution is 0.0833. The summed E-state index contributed by atoms with van der Waals surface area (Å²) in [6.07, 6.45) is 2.43. The van der Waals surface area contributed by atoms with Crippen molar-refractivity contribution in [1.29, 1.82) is 0 Å². The number of carbonyl (C=O) groups excluding carboxylic acids is 2. The van der Waals surface area contributed by atoms with Gasteiger partial charge in [-0.3, -0.25) is 9.78 Å². The Balaban J connectivity index is 1.45. The number of nitrogens with two attached hydrogens (primary N) is 1.